The predicted molar refractivity (Wildman–Crippen MR) is 200 cm³/mol. The van der Waals surface area contributed by atoms with Gasteiger partial charge in [0, 0.05) is 34.3 Å². The van der Waals surface area contributed by atoms with Crippen LogP contribution in [-0.2, 0) is 9.53 Å². The van der Waals surface area contributed by atoms with Crippen LogP contribution in [0.1, 0.15) is 96.8 Å². The summed E-state index contributed by atoms with van der Waals surface area (Å²) in [5.41, 5.74) is 1.99. The molecule has 0 radical (unpaired) electrons. The highest BCUT2D eigenvalue weighted by Gasteiger charge is 2.34. The Morgan fingerprint density at radius 1 is 0.857 bits per heavy atom. The number of nitrogens with one attached hydrogen (secondary N) is 1. The minimum absolute atomic E-state index is 0. The second-order valence-electron chi connectivity index (χ2n) is 13.7. The first-order valence-corrected chi connectivity index (χ1v) is 19.4. The predicted octanol–water partition coefficient (Wildman–Crippen LogP) is 6.44. The highest BCUT2D eigenvalue weighted by atomic mass is 127. The average Bonchev–Trinajstić information content (AvgIpc) is 3.59. The summed E-state index contributed by atoms with van der Waals surface area (Å²) in [7, 11) is 0. The first-order valence-electron chi connectivity index (χ1n) is 18.5. The van der Waals surface area contributed by atoms with Crippen LogP contribution in [-0.4, -0.2) is 61.5 Å². The van der Waals surface area contributed by atoms with Crippen LogP contribution in [0.3, 0.4) is 0 Å². The van der Waals surface area contributed by atoms with Crippen LogP contribution < -0.4 is 39.2 Å². The second-order valence-corrected chi connectivity index (χ2v) is 14.6. The third-order valence-corrected chi connectivity index (χ3v) is 10.9. The maximum absolute atomic E-state index is 12.9. The van der Waals surface area contributed by atoms with Crippen LogP contribution in [0.5, 0.6) is 5.75 Å². The van der Waals surface area contributed by atoms with Crippen molar-refractivity contribution in [3.8, 4) is 5.75 Å². The lowest BCUT2D eigenvalue weighted by Crippen LogP contribution is -3.00. The van der Waals surface area contributed by atoms with Gasteiger partial charge in [0.15, 0.2) is 0 Å². The van der Waals surface area contributed by atoms with Crippen LogP contribution in [0.4, 0.5) is 5.69 Å². The molecule has 1 aliphatic heterocycles. The molecule has 1 saturated heterocycles. The molecule has 7 nitrogen and oxygen atoms in total. The fraction of sp³-hybridized carbons (Fsp3) is 0.550. The Kier molecular flexibility index (Phi) is 16.7. The smallest absolute Gasteiger partial charge is 0.310 e. The minimum atomic E-state index is -0.111. The lowest BCUT2D eigenvalue weighted by Gasteiger charge is -2.45. The van der Waals surface area contributed by atoms with Crippen molar-refractivity contribution in [2.45, 2.75) is 96.8 Å². The highest BCUT2D eigenvalue weighted by Crippen LogP contribution is 2.32. The van der Waals surface area contributed by atoms with Gasteiger partial charge in [-0.3, -0.25) is 14.1 Å². The molecular weight excluding hydrogens is 745 g/mol. The molecule has 0 unspecified atom stereocenters. The van der Waals surface area contributed by atoms with E-state index in [0.717, 1.165) is 79.5 Å². The molecular formula is C40H56IN3O4S. The largest absolute Gasteiger partial charge is 1.00 e. The van der Waals surface area contributed by atoms with Gasteiger partial charge in [-0.2, -0.15) is 0 Å². The Hall–Kier alpha value is -2.63. The van der Waals surface area contributed by atoms with E-state index >= 15 is 0 Å². The molecule has 0 spiro atoms. The van der Waals surface area contributed by atoms with Crippen LogP contribution in [0.25, 0.3) is 21.0 Å². The summed E-state index contributed by atoms with van der Waals surface area (Å²) >= 11 is 1.79. The van der Waals surface area contributed by atoms with Gasteiger partial charge in [0.2, 0.25) is 12.3 Å². The van der Waals surface area contributed by atoms with Gasteiger partial charge in [-0.15, -0.1) is 11.3 Å². The van der Waals surface area contributed by atoms with Gasteiger partial charge in [0.25, 0.3) is 0 Å². The summed E-state index contributed by atoms with van der Waals surface area (Å²) in [5.74, 6) is 0.715. The fourth-order valence-corrected chi connectivity index (χ4v) is 7.78. The van der Waals surface area contributed by atoms with Crippen molar-refractivity contribution in [2.24, 2.45) is 0 Å². The molecule has 1 N–H and O–H groups in total. The van der Waals surface area contributed by atoms with Crippen molar-refractivity contribution in [2.75, 3.05) is 51.0 Å². The number of pyridine rings is 1. The molecule has 0 aliphatic carbocycles. The van der Waals surface area contributed by atoms with E-state index in [4.69, 9.17) is 9.47 Å². The molecule has 0 atom stereocenters. The Labute approximate surface area is 314 Å². The average molecular weight is 802 g/mol. The number of ether oxygens (including phenoxy) is 2. The molecule has 9 heteroatoms. The van der Waals surface area contributed by atoms with Crippen molar-refractivity contribution in [3.05, 3.63) is 70.3 Å². The van der Waals surface area contributed by atoms with Crippen LogP contribution >= 0.6 is 11.3 Å². The van der Waals surface area contributed by atoms with E-state index < -0.39 is 0 Å². The number of rotatable bonds is 21. The molecule has 1 aliphatic rings. The number of nitrogens with zero attached hydrogens (tertiary/aromatic N) is 2. The highest BCUT2D eigenvalue weighted by molar-refractivity contribution is 7.17. The zero-order valence-electron chi connectivity index (χ0n) is 29.4. The summed E-state index contributed by atoms with van der Waals surface area (Å²) in [4.78, 5) is 30.0. The lowest BCUT2D eigenvalue weighted by atomic mass is 10.1. The minimum Gasteiger partial charge on any atom is -1.00 e. The van der Waals surface area contributed by atoms with E-state index in [1.54, 1.807) is 17.4 Å². The Morgan fingerprint density at radius 3 is 2.33 bits per heavy atom. The number of H-pyrrole nitrogens is 1. The molecule has 2 aromatic carbocycles. The number of hydrogen-bond donors (Lipinski definition) is 1. The SMILES string of the molecule is CCCCCCCCCCCCCC(=O)OC[N+]1(CCCCOc2ccc3ccc(=O)[nH]c3c2)CCN(c2cccc3sccc23)CC1.[I-]. The summed E-state index contributed by atoms with van der Waals surface area (Å²) < 4.78 is 14.2. The number of fused-ring (bicyclic) bond motifs is 2. The number of aromatic amines is 1. The number of thiophene rings is 1. The zero-order valence-corrected chi connectivity index (χ0v) is 32.4. The summed E-state index contributed by atoms with van der Waals surface area (Å²) in [6.45, 7) is 8.06. The third kappa shape index (κ3) is 12.3. The van der Waals surface area contributed by atoms with Crippen LogP contribution in [0.15, 0.2) is 64.8 Å². The fourth-order valence-electron chi connectivity index (χ4n) is 6.97. The van der Waals surface area contributed by atoms with Gasteiger partial charge in [-0.05, 0) is 66.4 Å². The zero-order chi connectivity index (χ0) is 33.4. The molecule has 1 fully saturated rings. The molecule has 0 amide bonds. The number of benzene rings is 2. The molecule has 5 rings (SSSR count). The van der Waals surface area contributed by atoms with E-state index in [2.05, 4.69) is 46.5 Å². The van der Waals surface area contributed by atoms with Gasteiger partial charge < -0.3 is 43.3 Å². The monoisotopic (exact) mass is 801 g/mol. The summed E-state index contributed by atoms with van der Waals surface area (Å²) in [6, 6.07) is 18.0. The second kappa shape index (κ2) is 20.9. The van der Waals surface area contributed by atoms with E-state index in [1.807, 2.05) is 24.3 Å². The van der Waals surface area contributed by atoms with Crippen molar-refractivity contribution >= 4 is 44.0 Å². The van der Waals surface area contributed by atoms with E-state index in [1.165, 1.54) is 73.6 Å². The van der Waals surface area contributed by atoms with Gasteiger partial charge in [0.1, 0.15) is 5.75 Å². The quantitative estimate of drug-likeness (QED) is 0.0455. The van der Waals surface area contributed by atoms with Crippen LogP contribution in [0, 0.1) is 0 Å². The normalized spacial score (nSPS) is 14.2. The molecule has 268 valence electrons. The number of halogens is 1. The number of esters is 1. The van der Waals surface area contributed by atoms with Gasteiger partial charge in [0.05, 0.1) is 44.8 Å². The molecule has 49 heavy (non-hydrogen) atoms. The number of hydrogen-bond acceptors (Lipinski definition) is 6. The Bertz CT molecular complexity index is 1610. The van der Waals surface area contributed by atoms with Crippen molar-refractivity contribution in [1.82, 2.24) is 4.98 Å². The maximum Gasteiger partial charge on any atom is 0.310 e. The van der Waals surface area contributed by atoms with Crippen LogP contribution in [0.2, 0.25) is 0 Å². The summed E-state index contributed by atoms with van der Waals surface area (Å²) in [5, 5.41) is 4.49. The molecule has 3 heterocycles. The molecule has 0 saturated carbocycles. The summed E-state index contributed by atoms with van der Waals surface area (Å²) in [6.07, 6.45) is 16.4. The van der Waals surface area contributed by atoms with Crippen molar-refractivity contribution < 1.29 is 42.7 Å². The number of piperazine rings is 1. The molecule has 2 aromatic heterocycles. The number of unbranched alkanes of at least 4 members (excludes halogenated alkanes) is 11. The van der Waals surface area contributed by atoms with Crippen molar-refractivity contribution in [1.29, 1.82) is 0 Å². The van der Waals surface area contributed by atoms with Crippen molar-refractivity contribution in [3.63, 3.8) is 0 Å². The van der Waals surface area contributed by atoms with E-state index in [0.29, 0.717) is 19.8 Å². The topological polar surface area (TPSA) is 71.6 Å². The van der Waals surface area contributed by atoms with Gasteiger partial charge >= 0.3 is 5.97 Å². The number of carbonyl (C=O) groups excluding carboxylic acids is 1. The standard InChI is InChI=1S/C40H55N3O4S.HI/c1-2-3-4-5-6-7-8-9-10-11-12-18-40(45)47-32-43(27-24-42(25-28-43)37-16-15-17-38-35(37)23-30-48-38)26-13-14-29-46-34-21-19-33-20-22-39(44)41-36(33)31-34;/h15-17,19-23,30-31H,2-14,18,24-29,32H2,1H3;1H. The van der Waals surface area contributed by atoms with Gasteiger partial charge in [-0.25, -0.2) is 0 Å². The lowest BCUT2D eigenvalue weighted by molar-refractivity contribution is -0.944. The Balaban J connectivity index is 0.00000541. The molecule has 0 bridgehead atoms. The van der Waals surface area contributed by atoms with E-state index in [-0.39, 0.29) is 35.5 Å². The number of anilines is 1. The first kappa shape index (κ1) is 39.2. The number of quaternary nitrogens is 1. The maximum atomic E-state index is 12.9. The van der Waals surface area contributed by atoms with Gasteiger partial charge in [-0.1, -0.05) is 77.2 Å². The number of aromatic nitrogens is 1. The third-order valence-electron chi connectivity index (χ3n) is 9.98. The number of carbonyl (C=O) groups is 1. The first-order chi connectivity index (χ1) is 23.5. The molecule has 4 aromatic rings. The van der Waals surface area contributed by atoms with E-state index in [9.17, 15) is 9.59 Å². The Morgan fingerprint density at radius 2 is 1.57 bits per heavy atom.